The molecule has 0 saturated carbocycles. The Morgan fingerprint density at radius 1 is 1.15 bits per heavy atom. The monoisotopic (exact) mass is 481 g/mol. The minimum absolute atomic E-state index is 0.0152. The molecule has 180 valence electrons. The van der Waals surface area contributed by atoms with E-state index in [4.69, 9.17) is 9.72 Å². The lowest BCUT2D eigenvalue weighted by Gasteiger charge is -2.29. The fraction of sp³-hybridized carbons (Fsp3) is 0.385. The summed E-state index contributed by atoms with van der Waals surface area (Å²) in [5.74, 6) is 0. The van der Waals surface area contributed by atoms with E-state index in [1.807, 2.05) is 51.4 Å². The van der Waals surface area contributed by atoms with Crippen molar-refractivity contribution in [3.05, 3.63) is 66.1 Å². The molecule has 1 aliphatic heterocycles. The molecular weight excluding hydrogens is 450 g/mol. The zero-order valence-electron chi connectivity index (χ0n) is 20.3. The quantitative estimate of drug-likeness (QED) is 0.519. The highest BCUT2D eigenvalue weighted by atomic mass is 32.2. The van der Waals surface area contributed by atoms with Gasteiger partial charge in [0.05, 0.1) is 16.6 Å². The maximum atomic E-state index is 12.3. The van der Waals surface area contributed by atoms with Crippen LogP contribution in [0.1, 0.15) is 51.4 Å². The lowest BCUT2D eigenvalue weighted by atomic mass is 10.0. The van der Waals surface area contributed by atoms with Crippen LogP contribution in [0.15, 0.2) is 59.8 Å². The van der Waals surface area contributed by atoms with Crippen molar-refractivity contribution in [2.75, 3.05) is 19.3 Å². The number of hydrogen-bond acceptors (Lipinski definition) is 5. The summed E-state index contributed by atoms with van der Waals surface area (Å²) in [5, 5.41) is 0.883. The predicted octanol–water partition coefficient (Wildman–Crippen LogP) is 5.07. The number of benzene rings is 1. The van der Waals surface area contributed by atoms with Gasteiger partial charge in [-0.05, 0) is 75.6 Å². The number of aromatic nitrogens is 2. The maximum absolute atomic E-state index is 12.3. The first-order valence-electron chi connectivity index (χ1n) is 11.4. The minimum Gasteiger partial charge on any atom is -0.444 e. The SMILES string of the molecule is CC(c1ccc(C2=CCN(C(=O)OC(C)(C)C)CC2)cn1)n1ccc2cc(S(C)(=O)=O)ccc21. The van der Waals surface area contributed by atoms with Gasteiger partial charge in [-0.15, -0.1) is 0 Å². The van der Waals surface area contributed by atoms with Gasteiger partial charge in [0.1, 0.15) is 5.60 Å². The number of nitrogens with zero attached hydrogens (tertiary/aromatic N) is 3. The fourth-order valence-corrected chi connectivity index (χ4v) is 4.78. The van der Waals surface area contributed by atoms with Crippen LogP contribution in [-0.4, -0.2) is 53.9 Å². The molecule has 3 heterocycles. The first-order chi connectivity index (χ1) is 15.9. The Hall–Kier alpha value is -3.13. The molecule has 3 aromatic rings. The van der Waals surface area contributed by atoms with Crippen molar-refractivity contribution in [1.29, 1.82) is 0 Å². The first kappa shape index (κ1) is 24.0. The van der Waals surface area contributed by atoms with E-state index < -0.39 is 15.4 Å². The summed E-state index contributed by atoms with van der Waals surface area (Å²) in [6, 6.07) is 11.2. The van der Waals surface area contributed by atoms with Crippen molar-refractivity contribution >= 4 is 32.4 Å². The van der Waals surface area contributed by atoms with E-state index in [2.05, 4.69) is 23.6 Å². The largest absolute Gasteiger partial charge is 0.444 e. The summed E-state index contributed by atoms with van der Waals surface area (Å²) >= 11 is 0. The maximum Gasteiger partial charge on any atom is 0.410 e. The van der Waals surface area contributed by atoms with E-state index >= 15 is 0 Å². The molecule has 8 heteroatoms. The molecule has 0 radical (unpaired) electrons. The molecule has 7 nitrogen and oxygen atoms in total. The van der Waals surface area contributed by atoms with Crippen molar-refractivity contribution in [1.82, 2.24) is 14.5 Å². The van der Waals surface area contributed by atoms with Gasteiger partial charge >= 0.3 is 6.09 Å². The molecule has 1 aromatic carbocycles. The third-order valence-corrected chi connectivity index (χ3v) is 7.09. The molecule has 0 bridgehead atoms. The molecule has 4 rings (SSSR count). The van der Waals surface area contributed by atoms with Crippen molar-refractivity contribution in [3.8, 4) is 0 Å². The number of hydrogen-bond donors (Lipinski definition) is 0. The molecule has 1 unspecified atom stereocenters. The van der Waals surface area contributed by atoms with E-state index in [1.54, 1.807) is 17.0 Å². The van der Waals surface area contributed by atoms with Gasteiger partial charge in [-0.3, -0.25) is 4.98 Å². The topological polar surface area (TPSA) is 81.5 Å². The van der Waals surface area contributed by atoms with E-state index in [-0.39, 0.29) is 12.1 Å². The van der Waals surface area contributed by atoms with Crippen LogP contribution in [0.3, 0.4) is 0 Å². The van der Waals surface area contributed by atoms with E-state index in [0.717, 1.165) is 28.6 Å². The molecule has 34 heavy (non-hydrogen) atoms. The number of fused-ring (bicyclic) bond motifs is 1. The number of ether oxygens (including phenoxy) is 1. The van der Waals surface area contributed by atoms with Crippen LogP contribution in [0.4, 0.5) is 4.79 Å². The highest BCUT2D eigenvalue weighted by Gasteiger charge is 2.24. The predicted molar refractivity (Wildman–Crippen MR) is 133 cm³/mol. The zero-order valence-corrected chi connectivity index (χ0v) is 21.1. The summed E-state index contributed by atoms with van der Waals surface area (Å²) in [5.41, 5.74) is 3.60. The summed E-state index contributed by atoms with van der Waals surface area (Å²) in [4.78, 5) is 19.0. The highest BCUT2D eigenvalue weighted by molar-refractivity contribution is 7.90. The third-order valence-electron chi connectivity index (χ3n) is 5.98. The average molecular weight is 482 g/mol. The van der Waals surface area contributed by atoms with Gasteiger partial charge in [-0.1, -0.05) is 12.1 Å². The number of carbonyl (C=O) groups is 1. The Morgan fingerprint density at radius 3 is 2.50 bits per heavy atom. The second-order valence-corrected chi connectivity index (χ2v) is 11.8. The summed E-state index contributed by atoms with van der Waals surface area (Å²) in [7, 11) is -3.25. The zero-order chi connectivity index (χ0) is 24.7. The van der Waals surface area contributed by atoms with Gasteiger partial charge in [0.2, 0.25) is 0 Å². The lowest BCUT2D eigenvalue weighted by Crippen LogP contribution is -2.39. The highest BCUT2D eigenvalue weighted by Crippen LogP contribution is 2.28. The molecule has 0 spiro atoms. The van der Waals surface area contributed by atoms with Crippen molar-refractivity contribution in [2.45, 2.75) is 50.7 Å². The van der Waals surface area contributed by atoms with Crippen LogP contribution in [0, 0.1) is 0 Å². The van der Waals surface area contributed by atoms with Crippen LogP contribution >= 0.6 is 0 Å². The Morgan fingerprint density at radius 2 is 1.91 bits per heavy atom. The van der Waals surface area contributed by atoms with Gasteiger partial charge < -0.3 is 14.2 Å². The molecule has 0 N–H and O–H groups in total. The van der Waals surface area contributed by atoms with Gasteiger partial charge in [0.15, 0.2) is 9.84 Å². The molecule has 0 fully saturated rings. The smallest absolute Gasteiger partial charge is 0.410 e. The van der Waals surface area contributed by atoms with E-state index in [9.17, 15) is 13.2 Å². The normalized spacial score (nSPS) is 15.8. The summed E-state index contributed by atoms with van der Waals surface area (Å²) in [6.07, 6.45) is 7.59. The molecule has 1 aliphatic rings. The second-order valence-electron chi connectivity index (χ2n) is 9.77. The molecule has 2 aromatic heterocycles. The Labute approximate surface area is 201 Å². The molecular formula is C26H31N3O4S. The minimum atomic E-state index is -3.25. The molecule has 1 atom stereocenters. The Balaban J connectivity index is 1.48. The number of pyridine rings is 1. The van der Waals surface area contributed by atoms with Crippen molar-refractivity contribution in [2.24, 2.45) is 0 Å². The van der Waals surface area contributed by atoms with Gasteiger partial charge in [-0.25, -0.2) is 13.2 Å². The summed E-state index contributed by atoms with van der Waals surface area (Å²) in [6.45, 7) is 8.82. The van der Waals surface area contributed by atoms with Crippen LogP contribution < -0.4 is 0 Å². The standard InChI is InChI=1S/C26H31N3O4S/c1-18(29-15-12-20-16-22(34(5,31)32)7-9-24(20)29)23-8-6-21(17-27-23)19-10-13-28(14-11-19)25(30)33-26(2,3)4/h6-10,12,15-18H,11,13-14H2,1-5H3. The Bertz CT molecular complexity index is 1350. The van der Waals surface area contributed by atoms with Crippen LogP contribution in [0.5, 0.6) is 0 Å². The van der Waals surface area contributed by atoms with Gasteiger partial charge in [-0.2, -0.15) is 0 Å². The van der Waals surface area contributed by atoms with Gasteiger partial charge in [0.25, 0.3) is 0 Å². The number of rotatable bonds is 4. The third kappa shape index (κ3) is 5.17. The van der Waals surface area contributed by atoms with Crippen LogP contribution in [0.25, 0.3) is 16.5 Å². The van der Waals surface area contributed by atoms with E-state index in [0.29, 0.717) is 18.0 Å². The van der Waals surface area contributed by atoms with Crippen molar-refractivity contribution in [3.63, 3.8) is 0 Å². The number of amides is 1. The van der Waals surface area contributed by atoms with Gasteiger partial charge in [0, 0.05) is 42.6 Å². The lowest BCUT2D eigenvalue weighted by molar-refractivity contribution is 0.0270. The Kier molecular flexibility index (Phi) is 6.29. The summed E-state index contributed by atoms with van der Waals surface area (Å²) < 4.78 is 31.3. The second kappa shape index (κ2) is 8.91. The van der Waals surface area contributed by atoms with E-state index in [1.165, 1.54) is 11.8 Å². The van der Waals surface area contributed by atoms with Crippen LogP contribution in [0.2, 0.25) is 0 Å². The van der Waals surface area contributed by atoms with Crippen LogP contribution in [-0.2, 0) is 14.6 Å². The number of carbonyl (C=O) groups excluding carboxylic acids is 1. The first-order valence-corrected chi connectivity index (χ1v) is 13.3. The fourth-order valence-electron chi connectivity index (χ4n) is 4.12. The van der Waals surface area contributed by atoms with Crippen molar-refractivity contribution < 1.29 is 17.9 Å². The average Bonchev–Trinajstić information content (AvgIpc) is 3.20. The molecule has 0 aliphatic carbocycles. The molecule has 0 saturated heterocycles. The molecule has 1 amide bonds. The number of sulfone groups is 1.